The molecule has 4 heteroatoms. The minimum atomic E-state index is 0.261. The molecule has 0 radical (unpaired) electrons. The number of aryl methyl sites for hydroxylation is 1. The number of hydrogen-bond donors (Lipinski definition) is 1. The molecule has 1 aliphatic rings. The first-order valence-corrected chi connectivity index (χ1v) is 7.46. The number of halogens is 1. The van der Waals surface area contributed by atoms with Gasteiger partial charge in [0, 0.05) is 11.4 Å². The second-order valence-corrected chi connectivity index (χ2v) is 5.82. The van der Waals surface area contributed by atoms with Gasteiger partial charge in [-0.25, -0.2) is 4.98 Å². The van der Waals surface area contributed by atoms with Gasteiger partial charge >= 0.3 is 0 Å². The first kappa shape index (κ1) is 12.2. The van der Waals surface area contributed by atoms with Gasteiger partial charge in [0.25, 0.3) is 0 Å². The van der Waals surface area contributed by atoms with Crippen LogP contribution in [-0.4, -0.2) is 16.4 Å². The molecular weight excluding hydrogens is 240 g/mol. The van der Waals surface area contributed by atoms with E-state index in [1.54, 1.807) is 11.3 Å². The molecule has 2 unspecified atom stereocenters. The van der Waals surface area contributed by atoms with E-state index in [1.165, 1.54) is 31.4 Å². The first-order chi connectivity index (χ1) is 7.79. The Kier molecular flexibility index (Phi) is 4.47. The van der Waals surface area contributed by atoms with E-state index in [1.807, 2.05) is 0 Å². The number of thiazole rings is 1. The number of anilines is 1. The molecule has 1 N–H and O–H groups in total. The SMILES string of the molecule is CCc1csc(NC2CCCCCC2Cl)n1. The summed E-state index contributed by atoms with van der Waals surface area (Å²) in [6.45, 7) is 2.13. The van der Waals surface area contributed by atoms with E-state index in [9.17, 15) is 0 Å². The van der Waals surface area contributed by atoms with Gasteiger partial charge < -0.3 is 5.32 Å². The van der Waals surface area contributed by atoms with E-state index >= 15 is 0 Å². The Hall–Kier alpha value is -0.280. The van der Waals surface area contributed by atoms with Crippen molar-refractivity contribution in [1.82, 2.24) is 4.98 Å². The normalized spacial score (nSPS) is 26.4. The molecule has 1 fully saturated rings. The number of nitrogens with zero attached hydrogens (tertiary/aromatic N) is 1. The fourth-order valence-corrected chi connectivity index (χ4v) is 3.32. The molecule has 1 heterocycles. The molecule has 1 aromatic heterocycles. The van der Waals surface area contributed by atoms with Gasteiger partial charge in [0.2, 0.25) is 0 Å². The highest BCUT2D eigenvalue weighted by Gasteiger charge is 2.22. The lowest BCUT2D eigenvalue weighted by molar-refractivity contribution is 0.626. The van der Waals surface area contributed by atoms with E-state index in [4.69, 9.17) is 11.6 Å². The zero-order valence-corrected chi connectivity index (χ0v) is 11.3. The molecule has 16 heavy (non-hydrogen) atoms. The monoisotopic (exact) mass is 258 g/mol. The average molecular weight is 259 g/mol. The Bertz CT molecular complexity index is 327. The molecule has 0 spiro atoms. The third kappa shape index (κ3) is 3.11. The first-order valence-electron chi connectivity index (χ1n) is 6.14. The van der Waals surface area contributed by atoms with Crippen molar-refractivity contribution in [1.29, 1.82) is 0 Å². The quantitative estimate of drug-likeness (QED) is 0.653. The Labute approximate surface area is 106 Å². The van der Waals surface area contributed by atoms with Crippen LogP contribution in [0.2, 0.25) is 0 Å². The largest absolute Gasteiger partial charge is 0.357 e. The van der Waals surface area contributed by atoms with Crippen molar-refractivity contribution < 1.29 is 0 Å². The maximum atomic E-state index is 6.39. The smallest absolute Gasteiger partial charge is 0.183 e. The lowest BCUT2D eigenvalue weighted by Gasteiger charge is -2.20. The lowest BCUT2D eigenvalue weighted by atomic mass is 10.1. The van der Waals surface area contributed by atoms with Crippen molar-refractivity contribution in [3.8, 4) is 0 Å². The van der Waals surface area contributed by atoms with Crippen molar-refractivity contribution >= 4 is 28.1 Å². The Morgan fingerprint density at radius 3 is 3.00 bits per heavy atom. The van der Waals surface area contributed by atoms with Gasteiger partial charge in [-0.15, -0.1) is 22.9 Å². The van der Waals surface area contributed by atoms with E-state index < -0.39 is 0 Å². The zero-order valence-electron chi connectivity index (χ0n) is 9.71. The molecule has 0 saturated heterocycles. The summed E-state index contributed by atoms with van der Waals surface area (Å²) in [5, 5.41) is 6.93. The van der Waals surface area contributed by atoms with Gasteiger partial charge in [-0.1, -0.05) is 26.2 Å². The highest BCUT2D eigenvalue weighted by Crippen LogP contribution is 2.26. The summed E-state index contributed by atoms with van der Waals surface area (Å²) >= 11 is 8.09. The molecule has 0 bridgehead atoms. The molecule has 1 aromatic rings. The summed E-state index contributed by atoms with van der Waals surface area (Å²) < 4.78 is 0. The van der Waals surface area contributed by atoms with E-state index in [-0.39, 0.29) is 5.38 Å². The Morgan fingerprint density at radius 2 is 2.25 bits per heavy atom. The average Bonchev–Trinajstić information content (AvgIpc) is 2.65. The zero-order chi connectivity index (χ0) is 11.4. The topological polar surface area (TPSA) is 24.9 Å². The number of rotatable bonds is 3. The molecule has 2 atom stereocenters. The highest BCUT2D eigenvalue weighted by atomic mass is 35.5. The molecule has 1 saturated carbocycles. The van der Waals surface area contributed by atoms with Crippen LogP contribution in [0.5, 0.6) is 0 Å². The van der Waals surface area contributed by atoms with Gasteiger partial charge in [0.05, 0.1) is 11.1 Å². The molecule has 0 amide bonds. The molecule has 2 rings (SSSR count). The van der Waals surface area contributed by atoms with Gasteiger partial charge in [-0.2, -0.15) is 0 Å². The van der Waals surface area contributed by atoms with Crippen molar-refractivity contribution in [3.05, 3.63) is 11.1 Å². The van der Waals surface area contributed by atoms with Gasteiger partial charge in [0.1, 0.15) is 0 Å². The van der Waals surface area contributed by atoms with Gasteiger partial charge in [-0.3, -0.25) is 0 Å². The molecule has 0 aromatic carbocycles. The van der Waals surface area contributed by atoms with Crippen molar-refractivity contribution in [2.24, 2.45) is 0 Å². The van der Waals surface area contributed by atoms with Crippen LogP contribution < -0.4 is 5.32 Å². The second-order valence-electron chi connectivity index (χ2n) is 4.40. The van der Waals surface area contributed by atoms with Crippen LogP contribution >= 0.6 is 22.9 Å². The lowest BCUT2D eigenvalue weighted by Crippen LogP contribution is -2.28. The van der Waals surface area contributed by atoms with Crippen molar-refractivity contribution in [2.75, 3.05) is 5.32 Å². The number of alkyl halides is 1. The van der Waals surface area contributed by atoms with Crippen LogP contribution in [0.4, 0.5) is 5.13 Å². The van der Waals surface area contributed by atoms with E-state index in [2.05, 4.69) is 22.6 Å². The third-order valence-corrected chi connectivity index (χ3v) is 4.50. The Balaban J connectivity index is 1.96. The predicted octanol–water partition coefficient (Wildman–Crippen LogP) is 4.06. The summed E-state index contributed by atoms with van der Waals surface area (Å²) in [5.74, 6) is 0. The van der Waals surface area contributed by atoms with Crippen LogP contribution in [0.3, 0.4) is 0 Å². The number of nitrogens with one attached hydrogen (secondary N) is 1. The van der Waals surface area contributed by atoms with Crippen molar-refractivity contribution in [2.45, 2.75) is 56.9 Å². The van der Waals surface area contributed by atoms with Crippen LogP contribution in [-0.2, 0) is 6.42 Å². The predicted molar refractivity (Wildman–Crippen MR) is 71.6 cm³/mol. The molecule has 2 nitrogen and oxygen atoms in total. The highest BCUT2D eigenvalue weighted by molar-refractivity contribution is 7.13. The maximum absolute atomic E-state index is 6.39. The fraction of sp³-hybridized carbons (Fsp3) is 0.750. The summed E-state index contributed by atoms with van der Waals surface area (Å²) in [4.78, 5) is 4.54. The van der Waals surface area contributed by atoms with E-state index in [0.29, 0.717) is 6.04 Å². The van der Waals surface area contributed by atoms with Crippen LogP contribution in [0, 0.1) is 0 Å². The Morgan fingerprint density at radius 1 is 1.44 bits per heavy atom. The molecule has 1 aliphatic carbocycles. The minimum absolute atomic E-state index is 0.261. The van der Waals surface area contributed by atoms with Gasteiger partial charge in [0.15, 0.2) is 5.13 Å². The second kappa shape index (κ2) is 5.87. The van der Waals surface area contributed by atoms with E-state index in [0.717, 1.165) is 18.0 Å². The number of aromatic nitrogens is 1. The number of hydrogen-bond acceptors (Lipinski definition) is 3. The molecule has 0 aliphatic heterocycles. The standard InChI is InChI=1S/C12H19ClN2S/c1-2-9-8-16-12(14-9)15-11-7-5-3-4-6-10(11)13/h8,10-11H,2-7H2,1H3,(H,14,15). The summed E-state index contributed by atoms with van der Waals surface area (Å²) in [6.07, 6.45) is 7.18. The van der Waals surface area contributed by atoms with Crippen LogP contribution in [0.15, 0.2) is 5.38 Å². The van der Waals surface area contributed by atoms with Gasteiger partial charge in [-0.05, 0) is 19.3 Å². The summed E-state index contributed by atoms with van der Waals surface area (Å²) in [7, 11) is 0. The van der Waals surface area contributed by atoms with Crippen LogP contribution in [0.25, 0.3) is 0 Å². The molecular formula is C12H19ClN2S. The summed E-state index contributed by atoms with van der Waals surface area (Å²) in [5.41, 5.74) is 1.17. The summed E-state index contributed by atoms with van der Waals surface area (Å²) in [6, 6.07) is 0.403. The van der Waals surface area contributed by atoms with Crippen molar-refractivity contribution in [3.63, 3.8) is 0 Å². The van der Waals surface area contributed by atoms with Crippen LogP contribution in [0.1, 0.15) is 44.7 Å². The third-order valence-electron chi connectivity index (χ3n) is 3.15. The molecule has 90 valence electrons. The fourth-order valence-electron chi connectivity index (χ4n) is 2.12. The minimum Gasteiger partial charge on any atom is -0.357 e. The maximum Gasteiger partial charge on any atom is 0.183 e.